The molecular weight excluding hydrogens is 347 g/mol. The van der Waals surface area contributed by atoms with Gasteiger partial charge in [0, 0.05) is 30.9 Å². The molecule has 2 aromatic heterocycles. The van der Waals surface area contributed by atoms with Gasteiger partial charge in [0.2, 0.25) is 5.91 Å². The molecule has 1 saturated heterocycles. The molecule has 0 aromatic carbocycles. The third-order valence-corrected chi connectivity index (χ3v) is 5.77. The summed E-state index contributed by atoms with van der Waals surface area (Å²) >= 11 is 0. The lowest BCUT2D eigenvalue weighted by molar-refractivity contribution is -0.129. The van der Waals surface area contributed by atoms with Gasteiger partial charge in [-0.25, -0.2) is 4.39 Å². The molecule has 7 heteroatoms. The molecule has 2 aromatic rings. The molecule has 0 radical (unpaired) electrons. The predicted octanol–water partition coefficient (Wildman–Crippen LogP) is 2.17. The van der Waals surface area contributed by atoms with E-state index in [9.17, 15) is 14.0 Å². The molecule has 2 aliphatic rings. The first-order valence-corrected chi connectivity index (χ1v) is 9.15. The molecule has 1 N–H and O–H groups in total. The van der Waals surface area contributed by atoms with Crippen molar-refractivity contribution in [1.29, 1.82) is 0 Å². The Kier molecular flexibility index (Phi) is 4.59. The summed E-state index contributed by atoms with van der Waals surface area (Å²) in [5, 5.41) is 2.95. The van der Waals surface area contributed by atoms with Crippen molar-refractivity contribution in [3.63, 3.8) is 0 Å². The maximum atomic E-state index is 13.9. The fourth-order valence-corrected chi connectivity index (χ4v) is 4.14. The van der Waals surface area contributed by atoms with Gasteiger partial charge in [0.1, 0.15) is 0 Å². The molecule has 1 atom stereocenters. The Morgan fingerprint density at radius 1 is 1.26 bits per heavy atom. The number of pyridine rings is 2. The van der Waals surface area contributed by atoms with E-state index in [-0.39, 0.29) is 28.7 Å². The van der Waals surface area contributed by atoms with Crippen molar-refractivity contribution in [3.05, 3.63) is 59.9 Å². The average Bonchev–Trinajstić information content (AvgIpc) is 3.08. The minimum Gasteiger partial charge on any atom is -0.350 e. The first kappa shape index (κ1) is 17.6. The van der Waals surface area contributed by atoms with Crippen LogP contribution in [0.4, 0.5) is 4.39 Å². The third-order valence-electron chi connectivity index (χ3n) is 5.77. The van der Waals surface area contributed by atoms with Crippen molar-refractivity contribution in [2.24, 2.45) is 11.3 Å². The Hall–Kier alpha value is -2.83. The summed E-state index contributed by atoms with van der Waals surface area (Å²) in [6, 6.07) is 6.95. The second-order valence-electron chi connectivity index (χ2n) is 7.35. The highest BCUT2D eigenvalue weighted by atomic mass is 19.1. The topological polar surface area (TPSA) is 75.2 Å². The molecular formula is C20H21FN4O2. The molecule has 1 aliphatic heterocycles. The van der Waals surface area contributed by atoms with Gasteiger partial charge >= 0.3 is 0 Å². The molecule has 1 saturated carbocycles. The van der Waals surface area contributed by atoms with Gasteiger partial charge in [0.05, 0.1) is 29.9 Å². The van der Waals surface area contributed by atoms with Gasteiger partial charge in [-0.3, -0.25) is 19.6 Å². The number of nitrogens with zero attached hydrogens (tertiary/aromatic N) is 3. The predicted molar refractivity (Wildman–Crippen MR) is 96.0 cm³/mol. The molecule has 0 bridgehead atoms. The first-order valence-electron chi connectivity index (χ1n) is 9.15. The van der Waals surface area contributed by atoms with Crippen LogP contribution in [-0.4, -0.2) is 39.8 Å². The molecule has 2 fully saturated rings. The lowest BCUT2D eigenvalue weighted by Gasteiger charge is -2.41. The minimum absolute atomic E-state index is 0.00835. The van der Waals surface area contributed by atoms with Crippen LogP contribution in [0.2, 0.25) is 0 Å². The maximum absolute atomic E-state index is 13.9. The van der Waals surface area contributed by atoms with E-state index in [1.807, 2.05) is 18.2 Å². The summed E-state index contributed by atoms with van der Waals surface area (Å²) in [4.78, 5) is 35.1. The molecule has 1 aliphatic carbocycles. The SMILES string of the molecule is O=C(NCc1ccccn1)C1CN(C(=O)c2ccncc2F)CC12CCC2. The van der Waals surface area contributed by atoms with E-state index >= 15 is 0 Å². The van der Waals surface area contributed by atoms with Gasteiger partial charge in [0.25, 0.3) is 5.91 Å². The molecule has 3 heterocycles. The Balaban J connectivity index is 1.47. The number of amides is 2. The van der Waals surface area contributed by atoms with Crippen molar-refractivity contribution in [2.75, 3.05) is 13.1 Å². The second-order valence-corrected chi connectivity index (χ2v) is 7.35. The van der Waals surface area contributed by atoms with Crippen LogP contribution in [0.3, 0.4) is 0 Å². The smallest absolute Gasteiger partial charge is 0.256 e. The van der Waals surface area contributed by atoms with Crippen molar-refractivity contribution >= 4 is 11.8 Å². The number of halogens is 1. The maximum Gasteiger partial charge on any atom is 0.256 e. The van der Waals surface area contributed by atoms with Crippen LogP contribution in [-0.2, 0) is 11.3 Å². The molecule has 1 spiro atoms. The van der Waals surface area contributed by atoms with Crippen LogP contribution < -0.4 is 5.32 Å². The highest BCUT2D eigenvalue weighted by Gasteiger charge is 2.54. The summed E-state index contributed by atoms with van der Waals surface area (Å²) in [5.41, 5.74) is 0.611. The Bertz CT molecular complexity index is 854. The van der Waals surface area contributed by atoms with E-state index in [1.54, 1.807) is 11.1 Å². The number of hydrogen-bond acceptors (Lipinski definition) is 4. The molecule has 27 heavy (non-hydrogen) atoms. The van der Waals surface area contributed by atoms with E-state index < -0.39 is 5.82 Å². The highest BCUT2D eigenvalue weighted by Crippen LogP contribution is 2.52. The lowest BCUT2D eigenvalue weighted by atomic mass is 9.62. The quantitative estimate of drug-likeness (QED) is 0.898. The highest BCUT2D eigenvalue weighted by molar-refractivity contribution is 5.95. The number of rotatable bonds is 4. The zero-order chi connectivity index (χ0) is 18.9. The van der Waals surface area contributed by atoms with E-state index in [0.29, 0.717) is 19.6 Å². The first-order chi connectivity index (χ1) is 13.1. The number of aromatic nitrogens is 2. The Morgan fingerprint density at radius 3 is 2.78 bits per heavy atom. The second kappa shape index (κ2) is 7.06. The van der Waals surface area contributed by atoms with Crippen LogP contribution in [0.1, 0.15) is 35.3 Å². The summed E-state index contributed by atoms with van der Waals surface area (Å²) in [6.45, 7) is 1.17. The lowest BCUT2D eigenvalue weighted by Crippen LogP contribution is -2.45. The van der Waals surface area contributed by atoms with Gasteiger partial charge in [-0.05, 0) is 31.0 Å². The van der Waals surface area contributed by atoms with Crippen LogP contribution in [0, 0.1) is 17.2 Å². The number of likely N-dealkylation sites (tertiary alicyclic amines) is 1. The van der Waals surface area contributed by atoms with Crippen LogP contribution in [0.5, 0.6) is 0 Å². The summed E-state index contributed by atoms with van der Waals surface area (Å²) in [5.74, 6) is -1.34. The fraction of sp³-hybridized carbons (Fsp3) is 0.400. The van der Waals surface area contributed by atoms with Crippen molar-refractivity contribution in [2.45, 2.75) is 25.8 Å². The van der Waals surface area contributed by atoms with Gasteiger partial charge in [0.15, 0.2) is 5.82 Å². The standard InChI is InChI=1S/C20H21FN4O2/c21-17-11-22-9-5-15(17)19(27)25-12-16(20(13-25)6-3-7-20)18(26)24-10-14-4-1-2-8-23-14/h1-2,4-5,8-9,11,16H,3,6-7,10,12-13H2,(H,24,26). The zero-order valence-electron chi connectivity index (χ0n) is 14.9. The third kappa shape index (κ3) is 3.29. The summed E-state index contributed by atoms with van der Waals surface area (Å²) < 4.78 is 13.9. The summed E-state index contributed by atoms with van der Waals surface area (Å²) in [6.07, 6.45) is 7.01. The number of carbonyl (C=O) groups excluding carboxylic acids is 2. The van der Waals surface area contributed by atoms with Crippen LogP contribution in [0.15, 0.2) is 42.9 Å². The van der Waals surface area contributed by atoms with E-state index in [1.165, 1.54) is 12.3 Å². The van der Waals surface area contributed by atoms with Crippen LogP contribution >= 0.6 is 0 Å². The molecule has 2 amide bonds. The van der Waals surface area contributed by atoms with Gasteiger partial charge in [-0.1, -0.05) is 12.5 Å². The molecule has 6 nitrogen and oxygen atoms in total. The molecule has 140 valence electrons. The van der Waals surface area contributed by atoms with E-state index in [0.717, 1.165) is 31.2 Å². The molecule has 4 rings (SSSR count). The van der Waals surface area contributed by atoms with Crippen molar-refractivity contribution in [3.8, 4) is 0 Å². The number of hydrogen-bond donors (Lipinski definition) is 1. The zero-order valence-corrected chi connectivity index (χ0v) is 14.9. The Labute approximate surface area is 156 Å². The molecule has 1 unspecified atom stereocenters. The van der Waals surface area contributed by atoms with E-state index in [4.69, 9.17) is 0 Å². The number of carbonyl (C=O) groups is 2. The number of nitrogens with one attached hydrogen (secondary N) is 1. The Morgan fingerprint density at radius 2 is 2.11 bits per heavy atom. The summed E-state index contributed by atoms with van der Waals surface area (Å²) in [7, 11) is 0. The van der Waals surface area contributed by atoms with Crippen molar-refractivity contribution in [1.82, 2.24) is 20.2 Å². The van der Waals surface area contributed by atoms with Gasteiger partial charge in [-0.2, -0.15) is 0 Å². The largest absolute Gasteiger partial charge is 0.350 e. The van der Waals surface area contributed by atoms with Crippen LogP contribution in [0.25, 0.3) is 0 Å². The minimum atomic E-state index is -0.631. The van der Waals surface area contributed by atoms with Gasteiger partial charge < -0.3 is 10.2 Å². The van der Waals surface area contributed by atoms with Gasteiger partial charge in [-0.15, -0.1) is 0 Å². The normalized spacial score (nSPS) is 20.3. The average molecular weight is 368 g/mol. The fourth-order valence-electron chi connectivity index (χ4n) is 4.14. The van der Waals surface area contributed by atoms with E-state index in [2.05, 4.69) is 15.3 Å². The monoisotopic (exact) mass is 368 g/mol. The van der Waals surface area contributed by atoms with Crippen molar-refractivity contribution < 1.29 is 14.0 Å².